The maximum absolute atomic E-state index is 5.79. The molecule has 0 aromatic rings. The molecule has 1 aliphatic heterocycles. The summed E-state index contributed by atoms with van der Waals surface area (Å²) in [5.41, 5.74) is 0. The molecule has 1 N–H and O–H groups in total. The topological polar surface area (TPSA) is 24.5 Å². The Morgan fingerprint density at radius 3 is 3.00 bits per heavy atom. The van der Waals surface area contributed by atoms with Crippen LogP contribution < -0.4 is 4.72 Å². The molecule has 96 valence electrons. The first-order valence-electron chi connectivity index (χ1n) is 6.32. The molecule has 4 heteroatoms. The largest absolute Gasteiger partial charge is 0.376 e. The summed E-state index contributed by atoms with van der Waals surface area (Å²) in [7, 11) is 0. The van der Waals surface area contributed by atoms with Gasteiger partial charge in [0.1, 0.15) is 0 Å². The van der Waals surface area contributed by atoms with Crippen LogP contribution in [0.5, 0.6) is 0 Å². The third kappa shape index (κ3) is 6.09. The molecule has 0 radical (unpaired) electrons. The Hall–Kier alpha value is 0.230. The molecule has 0 amide bonds. The van der Waals surface area contributed by atoms with Gasteiger partial charge in [0.15, 0.2) is 0 Å². The number of nitrogens with zero attached hydrogens (tertiary/aromatic N) is 1. The quantitative estimate of drug-likeness (QED) is 0.548. The molecule has 0 unspecified atom stereocenters. The van der Waals surface area contributed by atoms with Crippen molar-refractivity contribution in [1.82, 2.24) is 9.62 Å². The van der Waals surface area contributed by atoms with Crippen LogP contribution in [0.1, 0.15) is 26.7 Å². The number of hydrogen-bond acceptors (Lipinski definition) is 4. The van der Waals surface area contributed by atoms with Crippen LogP contribution in [0.3, 0.4) is 0 Å². The van der Waals surface area contributed by atoms with Gasteiger partial charge in [-0.1, -0.05) is 25.8 Å². The SMILES string of the molecule is CSNCCC[C@@H]1CN(CC(C)C)CCO1. The van der Waals surface area contributed by atoms with Crippen LogP contribution in [0.2, 0.25) is 0 Å². The van der Waals surface area contributed by atoms with Gasteiger partial charge in [-0.25, -0.2) is 0 Å². The fraction of sp³-hybridized carbons (Fsp3) is 1.00. The van der Waals surface area contributed by atoms with E-state index in [-0.39, 0.29) is 0 Å². The number of ether oxygens (including phenoxy) is 1. The maximum atomic E-state index is 5.79. The Morgan fingerprint density at radius 1 is 1.50 bits per heavy atom. The Balaban J connectivity index is 2.12. The van der Waals surface area contributed by atoms with E-state index in [0.717, 1.165) is 32.2 Å². The molecule has 0 spiro atoms. The Labute approximate surface area is 104 Å². The van der Waals surface area contributed by atoms with Crippen molar-refractivity contribution in [2.24, 2.45) is 5.92 Å². The van der Waals surface area contributed by atoms with Crippen molar-refractivity contribution in [2.45, 2.75) is 32.8 Å². The van der Waals surface area contributed by atoms with Gasteiger partial charge in [0.05, 0.1) is 12.7 Å². The summed E-state index contributed by atoms with van der Waals surface area (Å²) < 4.78 is 9.07. The van der Waals surface area contributed by atoms with E-state index in [1.807, 2.05) is 0 Å². The molecule has 0 bridgehead atoms. The second kappa shape index (κ2) is 8.34. The lowest BCUT2D eigenvalue weighted by Gasteiger charge is -2.34. The summed E-state index contributed by atoms with van der Waals surface area (Å²) in [6.07, 6.45) is 4.92. The van der Waals surface area contributed by atoms with Gasteiger partial charge in [-0.15, -0.1) is 0 Å². The highest BCUT2D eigenvalue weighted by atomic mass is 32.2. The fourth-order valence-corrected chi connectivity index (χ4v) is 2.49. The van der Waals surface area contributed by atoms with E-state index in [1.54, 1.807) is 11.9 Å². The van der Waals surface area contributed by atoms with Crippen molar-refractivity contribution in [2.75, 3.05) is 39.0 Å². The summed E-state index contributed by atoms with van der Waals surface area (Å²) >= 11 is 1.70. The summed E-state index contributed by atoms with van der Waals surface area (Å²) in [6, 6.07) is 0. The van der Waals surface area contributed by atoms with E-state index >= 15 is 0 Å². The number of morpholine rings is 1. The molecule has 0 aromatic heterocycles. The molecule has 1 rings (SSSR count). The van der Waals surface area contributed by atoms with Crippen LogP contribution in [0.15, 0.2) is 0 Å². The van der Waals surface area contributed by atoms with Gasteiger partial charge >= 0.3 is 0 Å². The molecule has 1 heterocycles. The predicted molar refractivity (Wildman–Crippen MR) is 71.8 cm³/mol. The van der Waals surface area contributed by atoms with Crippen LogP contribution in [0, 0.1) is 5.92 Å². The lowest BCUT2D eigenvalue weighted by Crippen LogP contribution is -2.44. The first kappa shape index (κ1) is 14.3. The molecular formula is C12H26N2OS. The van der Waals surface area contributed by atoms with Crippen molar-refractivity contribution < 1.29 is 4.74 Å². The van der Waals surface area contributed by atoms with Crippen molar-refractivity contribution in [3.05, 3.63) is 0 Å². The highest BCUT2D eigenvalue weighted by Crippen LogP contribution is 2.12. The molecular weight excluding hydrogens is 220 g/mol. The molecule has 0 aliphatic carbocycles. The molecule has 0 aromatic carbocycles. The van der Waals surface area contributed by atoms with Crippen LogP contribution in [-0.4, -0.2) is 50.0 Å². The van der Waals surface area contributed by atoms with Crippen LogP contribution in [0.4, 0.5) is 0 Å². The maximum Gasteiger partial charge on any atom is 0.0703 e. The zero-order valence-electron chi connectivity index (χ0n) is 10.9. The number of nitrogens with one attached hydrogen (secondary N) is 1. The third-order valence-electron chi connectivity index (χ3n) is 2.80. The minimum Gasteiger partial charge on any atom is -0.376 e. The predicted octanol–water partition coefficient (Wildman–Crippen LogP) is 1.99. The van der Waals surface area contributed by atoms with Crippen molar-refractivity contribution in [3.8, 4) is 0 Å². The minimum absolute atomic E-state index is 0.455. The zero-order chi connectivity index (χ0) is 11.8. The van der Waals surface area contributed by atoms with Gasteiger partial charge in [0.25, 0.3) is 0 Å². The van der Waals surface area contributed by atoms with E-state index in [9.17, 15) is 0 Å². The molecule has 0 saturated carbocycles. The average Bonchev–Trinajstić information content (AvgIpc) is 2.24. The van der Waals surface area contributed by atoms with Crippen molar-refractivity contribution in [3.63, 3.8) is 0 Å². The normalized spacial score (nSPS) is 22.9. The molecule has 3 nitrogen and oxygen atoms in total. The Bertz CT molecular complexity index is 178. The van der Waals surface area contributed by atoms with E-state index < -0.39 is 0 Å². The standard InChI is InChI=1S/C12H26N2OS/c1-11(2)9-14-7-8-15-12(10-14)5-4-6-13-16-3/h11-13H,4-10H2,1-3H3/t12-/m1/s1. The van der Waals surface area contributed by atoms with Crippen LogP contribution >= 0.6 is 11.9 Å². The second-order valence-electron chi connectivity index (χ2n) is 4.89. The van der Waals surface area contributed by atoms with Crippen LogP contribution in [-0.2, 0) is 4.74 Å². The minimum atomic E-state index is 0.455. The van der Waals surface area contributed by atoms with Crippen molar-refractivity contribution >= 4 is 11.9 Å². The molecule has 1 saturated heterocycles. The van der Waals surface area contributed by atoms with Gasteiger partial charge in [-0.05, 0) is 25.0 Å². The molecule has 1 atom stereocenters. The summed E-state index contributed by atoms with van der Waals surface area (Å²) in [6.45, 7) is 10.0. The number of hydrogen-bond donors (Lipinski definition) is 1. The zero-order valence-corrected chi connectivity index (χ0v) is 11.7. The Kier molecular flexibility index (Phi) is 7.45. The second-order valence-corrected chi connectivity index (χ2v) is 5.58. The number of rotatable bonds is 7. The first-order valence-corrected chi connectivity index (χ1v) is 7.54. The highest BCUT2D eigenvalue weighted by Gasteiger charge is 2.20. The fourth-order valence-electron chi connectivity index (χ4n) is 2.14. The van der Waals surface area contributed by atoms with E-state index in [2.05, 4.69) is 29.7 Å². The van der Waals surface area contributed by atoms with Gasteiger partial charge in [-0.2, -0.15) is 0 Å². The third-order valence-corrected chi connectivity index (χ3v) is 3.29. The van der Waals surface area contributed by atoms with Crippen LogP contribution in [0.25, 0.3) is 0 Å². The first-order chi connectivity index (χ1) is 7.72. The summed E-state index contributed by atoms with van der Waals surface area (Å²) in [4.78, 5) is 2.54. The van der Waals surface area contributed by atoms with Crippen molar-refractivity contribution in [1.29, 1.82) is 0 Å². The smallest absolute Gasteiger partial charge is 0.0703 e. The van der Waals surface area contributed by atoms with Gasteiger partial charge in [-0.3, -0.25) is 9.62 Å². The average molecular weight is 246 g/mol. The van der Waals surface area contributed by atoms with Gasteiger partial charge in [0, 0.05) is 26.2 Å². The Morgan fingerprint density at radius 2 is 2.31 bits per heavy atom. The van der Waals surface area contributed by atoms with E-state index in [1.165, 1.54) is 19.4 Å². The summed E-state index contributed by atoms with van der Waals surface area (Å²) in [5, 5.41) is 0. The summed E-state index contributed by atoms with van der Waals surface area (Å²) in [5.74, 6) is 0.761. The van der Waals surface area contributed by atoms with E-state index in [4.69, 9.17) is 4.74 Å². The van der Waals surface area contributed by atoms with Gasteiger partial charge in [0.2, 0.25) is 0 Å². The van der Waals surface area contributed by atoms with E-state index in [0.29, 0.717) is 6.10 Å². The molecule has 1 aliphatic rings. The monoisotopic (exact) mass is 246 g/mol. The van der Waals surface area contributed by atoms with Gasteiger partial charge < -0.3 is 4.74 Å². The highest BCUT2D eigenvalue weighted by molar-refractivity contribution is 7.96. The molecule has 16 heavy (non-hydrogen) atoms. The lowest BCUT2D eigenvalue weighted by molar-refractivity contribution is -0.0355. The lowest BCUT2D eigenvalue weighted by atomic mass is 10.1. The molecule has 1 fully saturated rings.